The van der Waals surface area contributed by atoms with Crippen molar-refractivity contribution in [3.63, 3.8) is 0 Å². The van der Waals surface area contributed by atoms with Crippen LogP contribution in [0.5, 0.6) is 0 Å². The van der Waals surface area contributed by atoms with Gasteiger partial charge in [-0.2, -0.15) is 10.2 Å². The third kappa shape index (κ3) is 6.13. The Morgan fingerprint density at radius 3 is 2.41 bits per heavy atom. The van der Waals surface area contributed by atoms with Crippen LogP contribution in [0.2, 0.25) is 0 Å². The smallest absolute Gasteiger partial charge is 0.270 e. The van der Waals surface area contributed by atoms with Crippen LogP contribution in [0.1, 0.15) is 118 Å². The van der Waals surface area contributed by atoms with Crippen molar-refractivity contribution in [2.45, 2.75) is 102 Å². The minimum atomic E-state index is -2.68. The molecule has 3 aromatic rings. The average Bonchev–Trinajstić information content (AvgIpc) is 3.46. The van der Waals surface area contributed by atoms with Crippen molar-refractivity contribution < 1.29 is 18.4 Å². The van der Waals surface area contributed by atoms with Crippen LogP contribution in [0.15, 0.2) is 30.7 Å². The number of aromatic nitrogens is 5. The molecular formula is C30H39F2N7O2. The van der Waals surface area contributed by atoms with E-state index in [2.05, 4.69) is 20.8 Å². The Bertz CT molecular complexity index is 1400. The summed E-state index contributed by atoms with van der Waals surface area (Å²) in [5.74, 6) is -2.21. The highest BCUT2D eigenvalue weighted by atomic mass is 19.3. The van der Waals surface area contributed by atoms with Crippen LogP contribution < -0.4 is 10.6 Å². The lowest BCUT2D eigenvalue weighted by Crippen LogP contribution is -2.38. The Morgan fingerprint density at radius 1 is 1.02 bits per heavy atom. The molecule has 0 bridgehead atoms. The van der Waals surface area contributed by atoms with E-state index in [1.54, 1.807) is 33.9 Å². The van der Waals surface area contributed by atoms with Gasteiger partial charge in [0.2, 0.25) is 11.8 Å². The summed E-state index contributed by atoms with van der Waals surface area (Å²) in [4.78, 5) is 31.0. The zero-order valence-electron chi connectivity index (χ0n) is 23.7. The molecule has 1 unspecified atom stereocenters. The van der Waals surface area contributed by atoms with E-state index in [4.69, 9.17) is 4.98 Å². The molecule has 3 heterocycles. The summed E-state index contributed by atoms with van der Waals surface area (Å²) in [5.41, 5.74) is 2.52. The molecule has 2 amide bonds. The second-order valence-electron chi connectivity index (χ2n) is 12.5. The first-order valence-electron chi connectivity index (χ1n) is 15.0. The minimum Gasteiger partial charge on any atom is -0.349 e. The molecule has 3 aliphatic rings. The topological polar surface area (TPSA) is 106 Å². The molecule has 220 valence electrons. The summed E-state index contributed by atoms with van der Waals surface area (Å²) in [6.45, 7) is 3.89. The monoisotopic (exact) mass is 567 g/mol. The number of alkyl halides is 2. The summed E-state index contributed by atoms with van der Waals surface area (Å²) in [7, 11) is 0. The van der Waals surface area contributed by atoms with E-state index in [0.717, 1.165) is 31.2 Å². The van der Waals surface area contributed by atoms with Crippen molar-refractivity contribution in [1.82, 2.24) is 35.0 Å². The van der Waals surface area contributed by atoms with Gasteiger partial charge >= 0.3 is 0 Å². The molecule has 0 saturated heterocycles. The average molecular weight is 568 g/mol. The first kappa shape index (κ1) is 27.8. The number of hydrogen-bond acceptors (Lipinski definition) is 5. The molecule has 3 aromatic heterocycles. The van der Waals surface area contributed by atoms with Gasteiger partial charge in [-0.3, -0.25) is 14.3 Å². The number of nitrogens with zero attached hydrogens (tertiary/aromatic N) is 5. The maximum atomic E-state index is 14.1. The van der Waals surface area contributed by atoms with Gasteiger partial charge in [0.1, 0.15) is 5.69 Å². The molecule has 3 aliphatic carbocycles. The molecule has 0 radical (unpaired) electrons. The van der Waals surface area contributed by atoms with E-state index in [-0.39, 0.29) is 55.5 Å². The van der Waals surface area contributed by atoms with Crippen LogP contribution >= 0.6 is 0 Å². The van der Waals surface area contributed by atoms with E-state index in [1.165, 1.54) is 6.42 Å². The molecule has 3 fully saturated rings. The SMILES string of the molecule is CC(C)n1nccc1C(=O)N[C@H](c1cn2ncc(C(NC(=O)CC3CCC3)C3CC3)cc2n1)C1CCC(F)(F)CC1. The molecule has 9 nitrogen and oxygen atoms in total. The van der Waals surface area contributed by atoms with Crippen molar-refractivity contribution >= 4 is 17.5 Å². The summed E-state index contributed by atoms with van der Waals surface area (Å²) < 4.78 is 31.4. The van der Waals surface area contributed by atoms with Crippen LogP contribution in [0.4, 0.5) is 8.78 Å². The van der Waals surface area contributed by atoms with Crippen LogP contribution in [-0.2, 0) is 4.79 Å². The fraction of sp³-hybridized carbons (Fsp3) is 0.633. The first-order valence-corrected chi connectivity index (χ1v) is 15.0. The summed E-state index contributed by atoms with van der Waals surface area (Å²) in [6, 6.07) is 2.94. The molecule has 3 saturated carbocycles. The van der Waals surface area contributed by atoms with Gasteiger partial charge in [0.05, 0.1) is 30.2 Å². The predicted octanol–water partition coefficient (Wildman–Crippen LogP) is 5.56. The lowest BCUT2D eigenvalue weighted by molar-refractivity contribution is -0.123. The minimum absolute atomic E-state index is 0.0102. The molecule has 2 N–H and O–H groups in total. The number of rotatable bonds is 10. The van der Waals surface area contributed by atoms with E-state index in [1.807, 2.05) is 19.9 Å². The first-order chi connectivity index (χ1) is 19.7. The highest BCUT2D eigenvalue weighted by molar-refractivity contribution is 5.92. The summed E-state index contributed by atoms with van der Waals surface area (Å²) >= 11 is 0. The Kier molecular flexibility index (Phi) is 7.54. The zero-order chi connectivity index (χ0) is 28.7. The number of carbonyl (C=O) groups is 2. The third-order valence-corrected chi connectivity index (χ3v) is 9.06. The number of fused-ring (bicyclic) bond motifs is 1. The molecular weight excluding hydrogens is 528 g/mol. The van der Waals surface area contributed by atoms with Gasteiger partial charge in [-0.1, -0.05) is 6.42 Å². The standard InChI is InChI=1S/C30H39F2N7O2/c1-18(2)39-24(10-13-33-39)29(41)37-28(21-8-11-30(31,32)12-9-21)23-17-38-25(35-23)15-22(16-34-38)27(20-6-7-20)36-26(40)14-19-4-3-5-19/h10,13,15-21,27-28H,3-9,11-12,14H2,1-2H3,(H,36,40)(H,37,41)/t27?,28-/m0/s1. The Labute approximate surface area is 238 Å². The molecule has 0 aromatic carbocycles. The van der Waals surface area contributed by atoms with Gasteiger partial charge in [-0.15, -0.1) is 0 Å². The number of halogens is 2. The van der Waals surface area contributed by atoms with Gasteiger partial charge in [-0.05, 0) is 87.8 Å². The fourth-order valence-corrected chi connectivity index (χ4v) is 6.27. The quantitative estimate of drug-likeness (QED) is 0.334. The molecule has 2 atom stereocenters. The zero-order valence-corrected chi connectivity index (χ0v) is 23.7. The third-order valence-electron chi connectivity index (χ3n) is 9.06. The second-order valence-corrected chi connectivity index (χ2v) is 12.5. The maximum absolute atomic E-state index is 14.1. The molecule has 0 aliphatic heterocycles. The molecule has 11 heteroatoms. The van der Waals surface area contributed by atoms with Crippen LogP contribution in [-0.4, -0.2) is 42.1 Å². The van der Waals surface area contributed by atoms with E-state index < -0.39 is 12.0 Å². The highest BCUT2D eigenvalue weighted by Crippen LogP contribution is 2.43. The van der Waals surface area contributed by atoms with Gasteiger partial charge in [0, 0.05) is 31.5 Å². The highest BCUT2D eigenvalue weighted by Gasteiger charge is 2.40. The molecule has 6 rings (SSSR count). The van der Waals surface area contributed by atoms with Crippen molar-refractivity contribution in [3.8, 4) is 0 Å². The normalized spacial score (nSPS) is 21.0. The van der Waals surface area contributed by atoms with Crippen molar-refractivity contribution in [2.24, 2.45) is 17.8 Å². The van der Waals surface area contributed by atoms with Crippen LogP contribution in [0.3, 0.4) is 0 Å². The number of amides is 2. The van der Waals surface area contributed by atoms with Crippen molar-refractivity contribution in [1.29, 1.82) is 0 Å². The number of nitrogens with one attached hydrogen (secondary N) is 2. The van der Waals surface area contributed by atoms with E-state index in [9.17, 15) is 18.4 Å². The summed E-state index contributed by atoms with van der Waals surface area (Å²) in [6.07, 6.45) is 11.4. The number of carbonyl (C=O) groups excluding carboxylic acids is 2. The van der Waals surface area contributed by atoms with E-state index in [0.29, 0.717) is 35.3 Å². The lowest BCUT2D eigenvalue weighted by Gasteiger charge is -2.33. The largest absolute Gasteiger partial charge is 0.349 e. The number of imidazole rings is 1. The maximum Gasteiger partial charge on any atom is 0.270 e. The van der Waals surface area contributed by atoms with Crippen molar-refractivity contribution in [2.75, 3.05) is 0 Å². The molecule has 0 spiro atoms. The fourth-order valence-electron chi connectivity index (χ4n) is 6.27. The Hall–Kier alpha value is -3.37. The summed E-state index contributed by atoms with van der Waals surface area (Å²) in [5, 5.41) is 15.2. The van der Waals surface area contributed by atoms with Gasteiger partial charge in [0.15, 0.2) is 5.65 Å². The van der Waals surface area contributed by atoms with Gasteiger partial charge < -0.3 is 10.6 Å². The predicted molar refractivity (Wildman–Crippen MR) is 148 cm³/mol. The second kappa shape index (κ2) is 11.1. The Morgan fingerprint density at radius 2 is 1.76 bits per heavy atom. The molecule has 41 heavy (non-hydrogen) atoms. The Balaban J connectivity index is 1.26. The van der Waals surface area contributed by atoms with Crippen LogP contribution in [0, 0.1) is 17.8 Å². The van der Waals surface area contributed by atoms with E-state index >= 15 is 0 Å². The lowest BCUT2D eigenvalue weighted by atomic mass is 9.81. The number of hydrogen-bond donors (Lipinski definition) is 2. The van der Waals surface area contributed by atoms with Gasteiger partial charge in [0.25, 0.3) is 5.91 Å². The van der Waals surface area contributed by atoms with Crippen LogP contribution in [0.25, 0.3) is 5.65 Å². The van der Waals surface area contributed by atoms with Crippen molar-refractivity contribution in [3.05, 3.63) is 47.7 Å². The van der Waals surface area contributed by atoms with Gasteiger partial charge in [-0.25, -0.2) is 18.3 Å².